The van der Waals surface area contributed by atoms with Crippen LogP contribution >= 0.6 is 0 Å². The molecule has 1 spiro atoms. The predicted molar refractivity (Wildman–Crippen MR) is 183 cm³/mol. The van der Waals surface area contributed by atoms with E-state index in [1.165, 1.54) is 0 Å². The number of nitrogens with two attached hydrogens (primary N) is 1. The molecule has 4 rings (SSSR count). The first kappa shape index (κ1) is 34.8. The van der Waals surface area contributed by atoms with Crippen molar-refractivity contribution in [3.8, 4) is 0 Å². The number of amidine groups is 2. The number of nitrogens with zero attached hydrogens (tertiary/aromatic N) is 5. The Bertz CT molecular complexity index is 1430. The van der Waals surface area contributed by atoms with Crippen molar-refractivity contribution in [2.24, 2.45) is 37.8 Å². The van der Waals surface area contributed by atoms with Gasteiger partial charge in [0.1, 0.15) is 11.5 Å². The van der Waals surface area contributed by atoms with E-state index in [4.69, 9.17) is 16.3 Å². The molecule has 10 heteroatoms. The van der Waals surface area contributed by atoms with Crippen molar-refractivity contribution in [3.63, 3.8) is 0 Å². The molecule has 2 aliphatic rings. The summed E-state index contributed by atoms with van der Waals surface area (Å²) >= 11 is 0. The second-order valence-corrected chi connectivity index (χ2v) is 15.2. The van der Waals surface area contributed by atoms with Crippen LogP contribution in [0.5, 0.6) is 0 Å². The van der Waals surface area contributed by atoms with Gasteiger partial charge in [-0.2, -0.15) is 5.53 Å². The first-order valence-corrected chi connectivity index (χ1v) is 16.4. The molecular formula is C36H52N8O2. The fourth-order valence-electron chi connectivity index (χ4n) is 6.75. The molecule has 1 aliphatic heterocycles. The van der Waals surface area contributed by atoms with Crippen molar-refractivity contribution in [2.45, 2.75) is 98.3 Å². The van der Waals surface area contributed by atoms with Gasteiger partial charge in [-0.1, -0.05) is 89.2 Å². The van der Waals surface area contributed by atoms with Crippen molar-refractivity contribution in [3.05, 3.63) is 71.3 Å². The molecule has 1 fully saturated rings. The van der Waals surface area contributed by atoms with Crippen molar-refractivity contribution in [1.29, 1.82) is 5.53 Å². The SMILES string of the molecule is CN(Cc1ccccc1)C1=NC2(CCC(C(C)(C)C)CC2)N(C(CCC(C)(C)C)c2ccc(C(=O)NCC(N)=NN=N)cc2)C1=O. The van der Waals surface area contributed by atoms with Gasteiger partial charge in [0.15, 0.2) is 5.84 Å². The minimum Gasteiger partial charge on any atom is -0.384 e. The Labute approximate surface area is 274 Å². The topological polar surface area (TPSA) is 140 Å². The van der Waals surface area contributed by atoms with Gasteiger partial charge in [-0.15, -0.1) is 5.10 Å². The molecule has 0 radical (unpaired) electrons. The summed E-state index contributed by atoms with van der Waals surface area (Å²) in [7, 11) is 1.97. The summed E-state index contributed by atoms with van der Waals surface area (Å²) in [5.74, 6) is 0.810. The summed E-state index contributed by atoms with van der Waals surface area (Å²) in [6.45, 7) is 14.2. The number of rotatable bonds is 10. The molecule has 1 heterocycles. The Balaban J connectivity index is 1.69. The van der Waals surface area contributed by atoms with E-state index in [1.54, 1.807) is 12.1 Å². The number of likely N-dealkylation sites (N-methyl/N-ethyl adjacent to an activating group) is 1. The van der Waals surface area contributed by atoms with Gasteiger partial charge in [0, 0.05) is 19.2 Å². The summed E-state index contributed by atoms with van der Waals surface area (Å²) in [5.41, 5.74) is 14.7. The number of amides is 2. The van der Waals surface area contributed by atoms with E-state index in [2.05, 4.69) is 74.2 Å². The highest BCUT2D eigenvalue weighted by Crippen LogP contribution is 2.50. The predicted octanol–water partition coefficient (Wildman–Crippen LogP) is 6.89. The van der Waals surface area contributed by atoms with Crippen LogP contribution in [-0.2, 0) is 11.3 Å². The Kier molecular flexibility index (Phi) is 10.7. The smallest absolute Gasteiger partial charge is 0.291 e. The fourth-order valence-corrected chi connectivity index (χ4v) is 6.75. The molecule has 2 amide bonds. The number of nitrogens with one attached hydrogen (secondary N) is 2. The Hall–Kier alpha value is -4.08. The number of hydrogen-bond donors (Lipinski definition) is 3. The van der Waals surface area contributed by atoms with E-state index in [0.717, 1.165) is 49.7 Å². The molecule has 1 unspecified atom stereocenters. The fraction of sp³-hybridized carbons (Fsp3) is 0.556. The van der Waals surface area contributed by atoms with Gasteiger partial charge in [0.25, 0.3) is 11.8 Å². The monoisotopic (exact) mass is 628 g/mol. The first-order chi connectivity index (χ1) is 21.6. The molecule has 46 heavy (non-hydrogen) atoms. The third kappa shape index (κ3) is 8.39. The lowest BCUT2D eigenvalue weighted by atomic mass is 9.69. The quantitative estimate of drug-likeness (QED) is 0.114. The van der Waals surface area contributed by atoms with Gasteiger partial charge in [-0.3, -0.25) is 9.59 Å². The number of benzene rings is 2. The van der Waals surface area contributed by atoms with Gasteiger partial charge in [-0.05, 0) is 78.5 Å². The highest BCUT2D eigenvalue weighted by molar-refractivity contribution is 6.39. The van der Waals surface area contributed by atoms with E-state index < -0.39 is 5.66 Å². The van der Waals surface area contributed by atoms with Crippen molar-refractivity contribution in [1.82, 2.24) is 15.1 Å². The third-order valence-electron chi connectivity index (χ3n) is 9.45. The molecule has 4 N–H and O–H groups in total. The summed E-state index contributed by atoms with van der Waals surface area (Å²) in [6.07, 6.45) is 5.36. The van der Waals surface area contributed by atoms with Crippen LogP contribution in [0.15, 0.2) is 69.9 Å². The van der Waals surface area contributed by atoms with Crippen LogP contribution in [0.1, 0.15) is 108 Å². The maximum absolute atomic E-state index is 14.7. The van der Waals surface area contributed by atoms with Gasteiger partial charge >= 0.3 is 0 Å². The van der Waals surface area contributed by atoms with Crippen molar-refractivity contribution >= 4 is 23.5 Å². The lowest BCUT2D eigenvalue weighted by Gasteiger charge is -2.47. The molecule has 10 nitrogen and oxygen atoms in total. The van der Waals surface area contributed by atoms with Crippen LogP contribution in [0.25, 0.3) is 0 Å². The van der Waals surface area contributed by atoms with E-state index in [9.17, 15) is 9.59 Å². The molecule has 1 saturated carbocycles. The highest BCUT2D eigenvalue weighted by atomic mass is 16.2. The normalized spacial score (nSPS) is 21.2. The Morgan fingerprint density at radius 3 is 2.28 bits per heavy atom. The van der Waals surface area contributed by atoms with Crippen LogP contribution in [0, 0.1) is 22.3 Å². The summed E-state index contributed by atoms with van der Waals surface area (Å²) in [5, 5.41) is 9.06. The van der Waals surface area contributed by atoms with E-state index in [-0.39, 0.29) is 41.1 Å². The first-order valence-electron chi connectivity index (χ1n) is 16.4. The maximum Gasteiger partial charge on any atom is 0.291 e. The zero-order valence-corrected chi connectivity index (χ0v) is 28.6. The zero-order valence-electron chi connectivity index (χ0n) is 28.6. The van der Waals surface area contributed by atoms with Crippen LogP contribution in [0.2, 0.25) is 0 Å². The third-order valence-corrected chi connectivity index (χ3v) is 9.45. The van der Waals surface area contributed by atoms with Gasteiger partial charge < -0.3 is 20.9 Å². The standard InChI is InChI=1S/C36H52N8O2/c1-34(2,3)20-19-29(26-13-15-27(16-14-26)32(45)39-23-30(37)41-42-38)44-33(46)31(43(7)24-25-11-9-8-10-12-25)40-36(44)21-17-28(18-22-36)35(4,5)6/h8-16,28-29H,17-24H2,1-7H3,(H,39,45)(H3,37,38,41). The lowest BCUT2D eigenvalue weighted by Crippen LogP contribution is -2.52. The largest absolute Gasteiger partial charge is 0.384 e. The summed E-state index contributed by atoms with van der Waals surface area (Å²) in [4.78, 5) is 37.0. The van der Waals surface area contributed by atoms with Crippen LogP contribution < -0.4 is 11.1 Å². The van der Waals surface area contributed by atoms with E-state index >= 15 is 0 Å². The summed E-state index contributed by atoms with van der Waals surface area (Å²) in [6, 6.07) is 17.5. The number of aliphatic imine (C=N–C) groups is 1. The minimum absolute atomic E-state index is 0.00581. The zero-order chi connectivity index (χ0) is 33.7. The highest BCUT2D eigenvalue weighted by Gasteiger charge is 2.53. The van der Waals surface area contributed by atoms with Gasteiger partial charge in [0.05, 0.1) is 12.6 Å². The Morgan fingerprint density at radius 2 is 1.72 bits per heavy atom. The minimum atomic E-state index is -0.614. The molecule has 0 aromatic heterocycles. The molecule has 0 saturated heterocycles. The van der Waals surface area contributed by atoms with Crippen molar-refractivity contribution in [2.75, 3.05) is 13.6 Å². The van der Waals surface area contributed by atoms with Crippen LogP contribution in [0.3, 0.4) is 0 Å². The lowest BCUT2D eigenvalue weighted by molar-refractivity contribution is -0.134. The van der Waals surface area contributed by atoms with Crippen LogP contribution in [-0.4, -0.2) is 52.5 Å². The average Bonchev–Trinajstić information content (AvgIpc) is 3.27. The maximum atomic E-state index is 14.7. The second kappa shape index (κ2) is 14.1. The molecule has 2 aromatic carbocycles. The van der Waals surface area contributed by atoms with E-state index in [1.807, 2.05) is 42.3 Å². The number of carbonyl (C=O) groups is 2. The van der Waals surface area contributed by atoms with Gasteiger partial charge in [0.2, 0.25) is 0 Å². The number of carbonyl (C=O) groups excluding carboxylic acids is 2. The van der Waals surface area contributed by atoms with Crippen molar-refractivity contribution < 1.29 is 9.59 Å². The van der Waals surface area contributed by atoms with Gasteiger partial charge in [-0.25, -0.2) is 4.99 Å². The molecule has 0 bridgehead atoms. The molecule has 1 atom stereocenters. The van der Waals surface area contributed by atoms with E-state index in [0.29, 0.717) is 23.9 Å². The Morgan fingerprint density at radius 1 is 1.09 bits per heavy atom. The molecule has 248 valence electrons. The van der Waals surface area contributed by atoms with Crippen LogP contribution in [0.4, 0.5) is 0 Å². The second-order valence-electron chi connectivity index (χ2n) is 15.2. The molecular weight excluding hydrogens is 576 g/mol. The molecule has 1 aliphatic carbocycles. The molecule has 2 aromatic rings. The summed E-state index contributed by atoms with van der Waals surface area (Å²) < 4.78 is 0. The number of hydrogen-bond acceptors (Lipinski definition) is 6. The average molecular weight is 629 g/mol.